The summed E-state index contributed by atoms with van der Waals surface area (Å²) >= 11 is 0. The summed E-state index contributed by atoms with van der Waals surface area (Å²) in [6.45, 7) is 11.4. The summed E-state index contributed by atoms with van der Waals surface area (Å²) in [5.41, 5.74) is -0.300. The largest absolute Gasteiger partial charge is 0.345 e. The van der Waals surface area contributed by atoms with Gasteiger partial charge in [0.05, 0.1) is 6.54 Å². The van der Waals surface area contributed by atoms with Crippen LogP contribution in [0.2, 0.25) is 0 Å². The van der Waals surface area contributed by atoms with E-state index >= 15 is 0 Å². The van der Waals surface area contributed by atoms with Crippen molar-refractivity contribution in [3.63, 3.8) is 0 Å². The van der Waals surface area contributed by atoms with Crippen molar-refractivity contribution < 1.29 is 9.32 Å². The minimum Gasteiger partial charge on any atom is -0.345 e. The number of amides is 1. The van der Waals surface area contributed by atoms with Crippen molar-refractivity contribution in [3.05, 3.63) is 11.7 Å². The first-order chi connectivity index (χ1) is 10.3. The monoisotopic (exact) mass is 308 g/mol. The number of nitrogens with zero attached hydrogens (tertiary/aromatic N) is 4. The van der Waals surface area contributed by atoms with Crippen molar-refractivity contribution in [1.82, 2.24) is 19.9 Å². The molecule has 0 atom stereocenters. The molecule has 2 rings (SSSR count). The minimum absolute atomic E-state index is 0.219. The smallest absolute Gasteiger partial charge is 0.240 e. The van der Waals surface area contributed by atoms with Gasteiger partial charge in [0.2, 0.25) is 11.8 Å². The number of piperidine rings is 1. The zero-order valence-corrected chi connectivity index (χ0v) is 14.4. The van der Waals surface area contributed by atoms with Crippen molar-refractivity contribution in [1.29, 1.82) is 0 Å². The van der Waals surface area contributed by atoms with Gasteiger partial charge in [0.15, 0.2) is 5.82 Å². The normalized spacial score (nSPS) is 17.7. The molecule has 0 N–H and O–H groups in total. The van der Waals surface area contributed by atoms with Crippen LogP contribution in [0.5, 0.6) is 0 Å². The van der Waals surface area contributed by atoms with Gasteiger partial charge in [-0.15, -0.1) is 0 Å². The molecular weight excluding hydrogens is 280 g/mol. The first-order valence-electron chi connectivity index (χ1n) is 8.03. The Bertz CT molecular complexity index is 498. The summed E-state index contributed by atoms with van der Waals surface area (Å²) in [4.78, 5) is 20.7. The van der Waals surface area contributed by atoms with E-state index in [9.17, 15) is 4.79 Å². The van der Waals surface area contributed by atoms with Gasteiger partial charge in [0.1, 0.15) is 0 Å². The van der Waals surface area contributed by atoms with Gasteiger partial charge >= 0.3 is 0 Å². The summed E-state index contributed by atoms with van der Waals surface area (Å²) < 4.78 is 5.17. The Balaban J connectivity index is 1.76. The van der Waals surface area contributed by atoms with Crippen LogP contribution in [0.3, 0.4) is 0 Å². The molecule has 1 aliphatic heterocycles. The molecule has 0 saturated carbocycles. The van der Waals surface area contributed by atoms with Crippen LogP contribution in [0.4, 0.5) is 0 Å². The zero-order valence-electron chi connectivity index (χ0n) is 14.4. The summed E-state index contributed by atoms with van der Waals surface area (Å²) in [6, 6.07) is 0. The molecule has 0 radical (unpaired) electrons. The van der Waals surface area contributed by atoms with Crippen LogP contribution in [0.1, 0.15) is 45.3 Å². The average molecular weight is 308 g/mol. The highest BCUT2D eigenvalue weighted by atomic mass is 16.5. The second-order valence-corrected chi connectivity index (χ2v) is 7.39. The maximum Gasteiger partial charge on any atom is 0.240 e. The molecule has 1 amide bonds. The number of carbonyl (C=O) groups is 1. The van der Waals surface area contributed by atoms with Crippen molar-refractivity contribution >= 4 is 5.91 Å². The maximum absolute atomic E-state index is 12.2. The standard InChI is InChI=1S/C16H28N4O2/c1-12-17-14(22-18-12)11-20-8-6-13(7-9-20)10-19(5)15(21)16(2,3)4/h13H,6-11H2,1-5H3. The fraction of sp³-hybridized carbons (Fsp3) is 0.812. The number of likely N-dealkylation sites (tertiary alicyclic amines) is 1. The third kappa shape index (κ3) is 4.53. The van der Waals surface area contributed by atoms with Crippen molar-refractivity contribution in [3.8, 4) is 0 Å². The van der Waals surface area contributed by atoms with Crippen LogP contribution in [-0.4, -0.2) is 52.5 Å². The van der Waals surface area contributed by atoms with Gasteiger partial charge in [-0.1, -0.05) is 25.9 Å². The molecule has 1 aromatic heterocycles. The molecule has 0 aromatic carbocycles. The quantitative estimate of drug-likeness (QED) is 0.852. The highest BCUT2D eigenvalue weighted by Gasteiger charge is 2.28. The van der Waals surface area contributed by atoms with E-state index in [1.165, 1.54) is 0 Å². The zero-order chi connectivity index (χ0) is 16.3. The maximum atomic E-state index is 12.2. The Kier molecular flexibility index (Phi) is 5.21. The number of aryl methyl sites for hydroxylation is 1. The molecule has 124 valence electrons. The lowest BCUT2D eigenvalue weighted by atomic mass is 9.92. The first-order valence-corrected chi connectivity index (χ1v) is 8.03. The molecule has 0 unspecified atom stereocenters. The lowest BCUT2D eigenvalue weighted by Gasteiger charge is -2.34. The van der Waals surface area contributed by atoms with Crippen LogP contribution in [-0.2, 0) is 11.3 Å². The second-order valence-electron chi connectivity index (χ2n) is 7.39. The van der Waals surface area contributed by atoms with Gasteiger partial charge in [-0.2, -0.15) is 4.98 Å². The third-order valence-electron chi connectivity index (χ3n) is 4.16. The van der Waals surface area contributed by atoms with Gasteiger partial charge in [-0.3, -0.25) is 9.69 Å². The SMILES string of the molecule is Cc1noc(CN2CCC(CN(C)C(=O)C(C)(C)C)CC2)n1. The molecule has 6 nitrogen and oxygen atoms in total. The lowest BCUT2D eigenvalue weighted by molar-refractivity contribution is -0.138. The van der Waals surface area contributed by atoms with E-state index in [4.69, 9.17) is 4.52 Å². The Morgan fingerprint density at radius 3 is 2.50 bits per heavy atom. The fourth-order valence-corrected chi connectivity index (χ4v) is 2.97. The predicted octanol–water partition coefficient (Wildman–Crippen LogP) is 2.09. The Morgan fingerprint density at radius 2 is 2.00 bits per heavy atom. The number of aromatic nitrogens is 2. The number of rotatable bonds is 4. The van der Waals surface area contributed by atoms with Crippen LogP contribution < -0.4 is 0 Å². The van der Waals surface area contributed by atoms with Crippen LogP contribution in [0, 0.1) is 18.3 Å². The summed E-state index contributed by atoms with van der Waals surface area (Å²) in [5.74, 6) is 2.18. The summed E-state index contributed by atoms with van der Waals surface area (Å²) in [7, 11) is 1.92. The molecule has 0 aliphatic carbocycles. The van der Waals surface area contributed by atoms with E-state index in [1.54, 1.807) is 0 Å². The molecule has 0 spiro atoms. The van der Waals surface area contributed by atoms with Crippen LogP contribution in [0.25, 0.3) is 0 Å². The summed E-state index contributed by atoms with van der Waals surface area (Å²) in [5, 5.41) is 3.82. The van der Waals surface area contributed by atoms with E-state index in [1.807, 2.05) is 39.6 Å². The molecule has 22 heavy (non-hydrogen) atoms. The van der Waals surface area contributed by atoms with Crippen molar-refractivity contribution in [2.75, 3.05) is 26.7 Å². The molecule has 1 aliphatic rings. The number of hydrogen-bond acceptors (Lipinski definition) is 5. The topological polar surface area (TPSA) is 62.5 Å². The predicted molar refractivity (Wildman–Crippen MR) is 84.1 cm³/mol. The minimum atomic E-state index is -0.300. The van der Waals surface area contributed by atoms with E-state index in [2.05, 4.69) is 15.0 Å². The Morgan fingerprint density at radius 1 is 1.36 bits per heavy atom. The Hall–Kier alpha value is -1.43. The molecule has 1 aromatic rings. The van der Waals surface area contributed by atoms with Gasteiger partial charge < -0.3 is 9.42 Å². The molecule has 0 bridgehead atoms. The molecule has 2 heterocycles. The van der Waals surface area contributed by atoms with E-state index < -0.39 is 0 Å². The van der Waals surface area contributed by atoms with Gasteiger partial charge in [-0.05, 0) is 38.8 Å². The first kappa shape index (κ1) is 16.9. The van der Waals surface area contributed by atoms with Gasteiger partial charge in [0.25, 0.3) is 0 Å². The van der Waals surface area contributed by atoms with Crippen LogP contribution >= 0.6 is 0 Å². The highest BCUT2D eigenvalue weighted by Crippen LogP contribution is 2.22. The van der Waals surface area contributed by atoms with E-state index in [0.29, 0.717) is 17.6 Å². The summed E-state index contributed by atoms with van der Waals surface area (Å²) in [6.07, 6.45) is 2.21. The molecule has 6 heteroatoms. The molecule has 1 saturated heterocycles. The highest BCUT2D eigenvalue weighted by molar-refractivity contribution is 5.81. The Labute approximate surface area is 132 Å². The number of hydrogen-bond donors (Lipinski definition) is 0. The average Bonchev–Trinajstić information content (AvgIpc) is 2.84. The van der Waals surface area contributed by atoms with Crippen molar-refractivity contribution in [2.24, 2.45) is 11.3 Å². The molecule has 1 fully saturated rings. The fourth-order valence-electron chi connectivity index (χ4n) is 2.97. The van der Waals surface area contributed by atoms with Crippen molar-refractivity contribution in [2.45, 2.75) is 47.1 Å². The molecular formula is C16H28N4O2. The van der Waals surface area contributed by atoms with Gasteiger partial charge in [0, 0.05) is 19.0 Å². The third-order valence-corrected chi connectivity index (χ3v) is 4.16. The van der Waals surface area contributed by atoms with Gasteiger partial charge in [-0.25, -0.2) is 0 Å². The van der Waals surface area contributed by atoms with Crippen LogP contribution in [0.15, 0.2) is 4.52 Å². The second kappa shape index (κ2) is 6.77. The lowest BCUT2D eigenvalue weighted by Crippen LogP contribution is -2.42. The van der Waals surface area contributed by atoms with E-state index in [-0.39, 0.29) is 11.3 Å². The number of carbonyl (C=O) groups excluding carboxylic acids is 1. The van der Waals surface area contributed by atoms with E-state index in [0.717, 1.165) is 39.0 Å².